The van der Waals surface area contributed by atoms with E-state index in [-0.39, 0.29) is 5.41 Å². The number of anilines is 1. The molecule has 0 radical (unpaired) electrons. The number of nitrogens with one attached hydrogen (secondary N) is 1. The minimum absolute atomic E-state index is 0.211. The SMILES string of the molecule is CCCNCc1ccc(N(C)CC(C)(C)C)c(C#N)c1. The van der Waals surface area contributed by atoms with Crippen LogP contribution in [0.4, 0.5) is 5.69 Å². The van der Waals surface area contributed by atoms with Crippen molar-refractivity contribution in [3.05, 3.63) is 29.3 Å². The lowest BCUT2D eigenvalue weighted by molar-refractivity contribution is 0.419. The van der Waals surface area contributed by atoms with Crippen LogP contribution in [0, 0.1) is 16.7 Å². The van der Waals surface area contributed by atoms with Gasteiger partial charge in [-0.15, -0.1) is 0 Å². The lowest BCUT2D eigenvalue weighted by atomic mass is 9.95. The molecule has 0 aromatic heterocycles. The smallest absolute Gasteiger partial charge is 0.101 e. The first kappa shape index (κ1) is 16.5. The summed E-state index contributed by atoms with van der Waals surface area (Å²) in [5.74, 6) is 0. The third kappa shape index (κ3) is 5.22. The summed E-state index contributed by atoms with van der Waals surface area (Å²) in [6.07, 6.45) is 1.12. The molecule has 0 spiro atoms. The Hall–Kier alpha value is -1.53. The van der Waals surface area contributed by atoms with Crippen LogP contribution in [0.15, 0.2) is 18.2 Å². The molecule has 3 heteroatoms. The van der Waals surface area contributed by atoms with Gasteiger partial charge in [-0.2, -0.15) is 5.26 Å². The molecule has 0 saturated heterocycles. The number of rotatable bonds is 6. The molecule has 1 aromatic carbocycles. The normalized spacial score (nSPS) is 11.2. The highest BCUT2D eigenvalue weighted by Crippen LogP contribution is 2.24. The van der Waals surface area contributed by atoms with E-state index in [0.717, 1.165) is 37.3 Å². The van der Waals surface area contributed by atoms with E-state index in [1.54, 1.807) is 0 Å². The fourth-order valence-corrected chi connectivity index (χ4v) is 2.32. The van der Waals surface area contributed by atoms with Crippen LogP contribution in [0.25, 0.3) is 0 Å². The topological polar surface area (TPSA) is 39.1 Å². The van der Waals surface area contributed by atoms with Gasteiger partial charge in [0.15, 0.2) is 0 Å². The van der Waals surface area contributed by atoms with Crippen molar-refractivity contribution in [3.8, 4) is 6.07 Å². The van der Waals surface area contributed by atoms with Gasteiger partial charge in [0.05, 0.1) is 11.3 Å². The Morgan fingerprint density at radius 2 is 2.00 bits per heavy atom. The Labute approximate surface area is 123 Å². The van der Waals surface area contributed by atoms with Gasteiger partial charge >= 0.3 is 0 Å². The van der Waals surface area contributed by atoms with Gasteiger partial charge in [-0.05, 0) is 36.1 Å². The molecule has 0 aliphatic carbocycles. The summed E-state index contributed by atoms with van der Waals surface area (Å²) in [6, 6.07) is 8.49. The Morgan fingerprint density at radius 3 is 2.55 bits per heavy atom. The molecule has 0 aliphatic rings. The average molecular weight is 273 g/mol. The molecule has 0 bridgehead atoms. The van der Waals surface area contributed by atoms with Crippen molar-refractivity contribution < 1.29 is 0 Å². The van der Waals surface area contributed by atoms with Gasteiger partial charge in [-0.3, -0.25) is 0 Å². The van der Waals surface area contributed by atoms with Crippen LogP contribution in [-0.2, 0) is 6.54 Å². The number of nitriles is 1. The van der Waals surface area contributed by atoms with Crippen LogP contribution in [0.5, 0.6) is 0 Å². The van der Waals surface area contributed by atoms with E-state index in [9.17, 15) is 5.26 Å². The molecular weight excluding hydrogens is 246 g/mol. The zero-order chi connectivity index (χ0) is 15.2. The van der Waals surface area contributed by atoms with Crippen LogP contribution in [0.1, 0.15) is 45.2 Å². The molecule has 0 saturated carbocycles. The average Bonchev–Trinajstić information content (AvgIpc) is 2.36. The van der Waals surface area contributed by atoms with Crippen LogP contribution in [0.2, 0.25) is 0 Å². The molecule has 1 rings (SSSR count). The van der Waals surface area contributed by atoms with E-state index < -0.39 is 0 Å². The highest BCUT2D eigenvalue weighted by molar-refractivity contribution is 5.60. The second-order valence-electron chi connectivity index (χ2n) is 6.56. The van der Waals surface area contributed by atoms with Gasteiger partial charge in [0, 0.05) is 20.1 Å². The van der Waals surface area contributed by atoms with Crippen molar-refractivity contribution in [2.24, 2.45) is 5.41 Å². The van der Waals surface area contributed by atoms with Gasteiger partial charge in [-0.1, -0.05) is 33.8 Å². The van der Waals surface area contributed by atoms with E-state index in [0.29, 0.717) is 0 Å². The van der Waals surface area contributed by atoms with Crippen molar-refractivity contribution in [2.45, 2.75) is 40.7 Å². The summed E-state index contributed by atoms with van der Waals surface area (Å²) in [6.45, 7) is 11.5. The highest BCUT2D eigenvalue weighted by atomic mass is 15.1. The zero-order valence-corrected chi connectivity index (χ0v) is 13.5. The third-order valence-corrected chi connectivity index (χ3v) is 3.06. The molecule has 0 atom stereocenters. The largest absolute Gasteiger partial charge is 0.373 e. The van der Waals surface area contributed by atoms with E-state index >= 15 is 0 Å². The molecular formula is C17H27N3. The predicted octanol–water partition coefficient (Wildman–Crippen LogP) is 3.54. The van der Waals surface area contributed by atoms with Gasteiger partial charge < -0.3 is 10.2 Å². The Morgan fingerprint density at radius 1 is 1.30 bits per heavy atom. The second kappa shape index (κ2) is 7.31. The fraction of sp³-hybridized carbons (Fsp3) is 0.588. The minimum atomic E-state index is 0.211. The highest BCUT2D eigenvalue weighted by Gasteiger charge is 2.16. The van der Waals surface area contributed by atoms with Crippen molar-refractivity contribution >= 4 is 5.69 Å². The second-order valence-corrected chi connectivity index (χ2v) is 6.56. The zero-order valence-electron chi connectivity index (χ0n) is 13.5. The summed E-state index contributed by atoms with van der Waals surface area (Å²) in [5, 5.41) is 12.7. The lowest BCUT2D eigenvalue weighted by Crippen LogP contribution is -2.29. The molecule has 0 unspecified atom stereocenters. The van der Waals surface area contributed by atoms with Gasteiger partial charge in [0.1, 0.15) is 6.07 Å². The summed E-state index contributed by atoms with van der Waals surface area (Å²) in [5.41, 5.74) is 3.15. The van der Waals surface area contributed by atoms with Crippen LogP contribution >= 0.6 is 0 Å². The molecule has 20 heavy (non-hydrogen) atoms. The van der Waals surface area contributed by atoms with Crippen molar-refractivity contribution in [1.29, 1.82) is 5.26 Å². The Kier molecular flexibility index (Phi) is 6.04. The standard InChI is InChI=1S/C17H27N3/c1-6-9-19-12-14-7-8-16(15(10-14)11-18)20(5)13-17(2,3)4/h7-8,10,19H,6,9,12-13H2,1-5H3. The Bertz CT molecular complexity index is 466. The van der Waals surface area contributed by atoms with E-state index in [2.05, 4.69) is 63.2 Å². The number of nitrogens with zero attached hydrogens (tertiary/aromatic N) is 2. The maximum atomic E-state index is 9.36. The van der Waals surface area contributed by atoms with Gasteiger partial charge in [0.2, 0.25) is 0 Å². The molecule has 0 amide bonds. The van der Waals surface area contributed by atoms with Crippen LogP contribution in [0.3, 0.4) is 0 Å². The summed E-state index contributed by atoms with van der Waals surface area (Å²) in [4.78, 5) is 2.17. The molecule has 0 heterocycles. The maximum absolute atomic E-state index is 9.36. The minimum Gasteiger partial charge on any atom is -0.373 e. The molecule has 3 nitrogen and oxygen atoms in total. The predicted molar refractivity (Wildman–Crippen MR) is 85.9 cm³/mol. The molecule has 1 N–H and O–H groups in total. The third-order valence-electron chi connectivity index (χ3n) is 3.06. The molecule has 0 fully saturated rings. The van der Waals surface area contributed by atoms with Crippen molar-refractivity contribution in [2.75, 3.05) is 25.0 Å². The first-order valence-electron chi connectivity index (χ1n) is 7.32. The summed E-state index contributed by atoms with van der Waals surface area (Å²) in [7, 11) is 2.05. The molecule has 110 valence electrons. The van der Waals surface area contributed by atoms with E-state index in [1.807, 2.05) is 6.07 Å². The number of hydrogen-bond acceptors (Lipinski definition) is 3. The fourth-order valence-electron chi connectivity index (χ4n) is 2.32. The van der Waals surface area contributed by atoms with Crippen molar-refractivity contribution in [1.82, 2.24) is 5.32 Å². The Balaban J connectivity index is 2.85. The maximum Gasteiger partial charge on any atom is 0.101 e. The van der Waals surface area contributed by atoms with Crippen LogP contribution in [-0.4, -0.2) is 20.1 Å². The summed E-state index contributed by atoms with van der Waals surface area (Å²) < 4.78 is 0. The monoisotopic (exact) mass is 273 g/mol. The van der Waals surface area contributed by atoms with Gasteiger partial charge in [0.25, 0.3) is 0 Å². The van der Waals surface area contributed by atoms with Crippen molar-refractivity contribution in [3.63, 3.8) is 0 Å². The first-order valence-corrected chi connectivity index (χ1v) is 7.32. The van der Waals surface area contributed by atoms with Crippen LogP contribution < -0.4 is 10.2 Å². The van der Waals surface area contributed by atoms with Gasteiger partial charge in [-0.25, -0.2) is 0 Å². The van der Waals surface area contributed by atoms with E-state index in [4.69, 9.17) is 0 Å². The number of benzene rings is 1. The van der Waals surface area contributed by atoms with E-state index in [1.165, 1.54) is 5.56 Å². The number of hydrogen-bond donors (Lipinski definition) is 1. The quantitative estimate of drug-likeness (QED) is 0.806. The molecule has 0 aliphatic heterocycles. The molecule has 1 aromatic rings. The summed E-state index contributed by atoms with van der Waals surface area (Å²) >= 11 is 0. The lowest BCUT2D eigenvalue weighted by Gasteiger charge is -2.29. The first-order chi connectivity index (χ1) is 9.37.